The molecule has 0 spiro atoms. The maximum atomic E-state index is 11.4. The third-order valence-corrected chi connectivity index (χ3v) is 4.28. The number of carbonyl (C=O) groups is 1. The Bertz CT molecular complexity index is 938. The molecule has 3 rings (SSSR count). The minimum Gasteiger partial charge on any atom is -0.424 e. The Hall–Kier alpha value is -2.05. The highest BCUT2D eigenvalue weighted by Gasteiger charge is 2.11. The Labute approximate surface area is 155 Å². The number of hydrogen-bond acceptors (Lipinski definition) is 4. The largest absolute Gasteiger partial charge is 0.424 e. The Balaban J connectivity index is 2.11. The highest BCUT2D eigenvalue weighted by Crippen LogP contribution is 2.38. The fraction of sp³-hybridized carbons (Fsp3) is 0.0556. The van der Waals surface area contributed by atoms with Crippen LogP contribution in [0.15, 0.2) is 73.8 Å². The summed E-state index contributed by atoms with van der Waals surface area (Å²) in [5.41, 5.74) is 1.24. The fourth-order valence-corrected chi connectivity index (χ4v) is 2.86. The first-order chi connectivity index (χ1) is 11.5. The van der Waals surface area contributed by atoms with Gasteiger partial charge in [-0.15, -0.1) is 5.11 Å². The van der Waals surface area contributed by atoms with E-state index in [2.05, 4.69) is 42.1 Å². The molecule has 3 aromatic carbocycles. The van der Waals surface area contributed by atoms with E-state index >= 15 is 0 Å². The van der Waals surface area contributed by atoms with E-state index in [1.807, 2.05) is 48.5 Å². The predicted molar refractivity (Wildman–Crippen MR) is 101 cm³/mol. The van der Waals surface area contributed by atoms with Gasteiger partial charge < -0.3 is 4.74 Å². The number of benzene rings is 3. The zero-order valence-electron chi connectivity index (χ0n) is 12.7. The normalized spacial score (nSPS) is 11.1. The van der Waals surface area contributed by atoms with E-state index < -0.39 is 5.97 Å². The van der Waals surface area contributed by atoms with E-state index in [9.17, 15) is 4.79 Å². The SMILES string of the molecule is CC(=O)Oc1ccc2cc(Br)ccc2c1N=Nc1ccc(Br)cc1. The number of azo groups is 1. The van der Waals surface area contributed by atoms with Crippen LogP contribution in [0.5, 0.6) is 5.75 Å². The number of hydrogen-bond donors (Lipinski definition) is 0. The van der Waals surface area contributed by atoms with Crippen molar-refractivity contribution in [1.82, 2.24) is 0 Å². The molecular weight excluding hydrogens is 436 g/mol. The van der Waals surface area contributed by atoms with E-state index in [1.54, 1.807) is 6.07 Å². The second-order valence-electron chi connectivity index (χ2n) is 5.05. The van der Waals surface area contributed by atoms with Crippen LogP contribution >= 0.6 is 31.9 Å². The van der Waals surface area contributed by atoms with Gasteiger partial charge in [0, 0.05) is 21.3 Å². The quantitative estimate of drug-likeness (QED) is 0.254. The van der Waals surface area contributed by atoms with E-state index in [4.69, 9.17) is 4.74 Å². The first-order valence-corrected chi connectivity index (χ1v) is 8.69. The number of nitrogens with zero attached hydrogens (tertiary/aromatic N) is 2. The van der Waals surface area contributed by atoms with Crippen molar-refractivity contribution >= 4 is 60.0 Å². The number of fused-ring (bicyclic) bond motifs is 1. The molecular formula is C18H12Br2N2O2. The van der Waals surface area contributed by atoms with Crippen LogP contribution in [0.4, 0.5) is 11.4 Å². The summed E-state index contributed by atoms with van der Waals surface area (Å²) in [6, 6.07) is 16.9. The third-order valence-electron chi connectivity index (χ3n) is 3.26. The molecule has 0 radical (unpaired) electrons. The summed E-state index contributed by atoms with van der Waals surface area (Å²) >= 11 is 6.84. The maximum absolute atomic E-state index is 11.4. The minimum atomic E-state index is -0.397. The summed E-state index contributed by atoms with van der Waals surface area (Å²) in [4.78, 5) is 11.4. The molecule has 4 nitrogen and oxygen atoms in total. The average Bonchev–Trinajstić information content (AvgIpc) is 2.55. The molecule has 0 amide bonds. The maximum Gasteiger partial charge on any atom is 0.308 e. The lowest BCUT2D eigenvalue weighted by Gasteiger charge is -2.08. The van der Waals surface area contributed by atoms with E-state index in [1.165, 1.54) is 6.92 Å². The van der Waals surface area contributed by atoms with Crippen LogP contribution in [0.2, 0.25) is 0 Å². The molecule has 0 aliphatic carbocycles. The van der Waals surface area contributed by atoms with Gasteiger partial charge in [0.1, 0.15) is 5.69 Å². The lowest BCUT2D eigenvalue weighted by molar-refractivity contribution is -0.131. The summed E-state index contributed by atoms with van der Waals surface area (Å²) in [6.45, 7) is 1.36. The molecule has 0 bridgehead atoms. The van der Waals surface area contributed by atoms with Crippen molar-refractivity contribution in [3.05, 3.63) is 63.5 Å². The predicted octanol–water partition coefficient (Wildman–Crippen LogP) is 6.71. The molecule has 6 heteroatoms. The Kier molecular flexibility index (Phi) is 5.06. The van der Waals surface area contributed by atoms with Crippen LogP contribution in [-0.2, 0) is 4.79 Å². The van der Waals surface area contributed by atoms with Gasteiger partial charge in [-0.3, -0.25) is 4.79 Å². The van der Waals surface area contributed by atoms with E-state index in [0.717, 1.165) is 19.7 Å². The number of ether oxygens (including phenoxy) is 1. The summed E-state index contributed by atoms with van der Waals surface area (Å²) in [7, 11) is 0. The van der Waals surface area contributed by atoms with Gasteiger partial charge in [-0.25, -0.2) is 0 Å². The van der Waals surface area contributed by atoms with Crippen molar-refractivity contribution < 1.29 is 9.53 Å². The topological polar surface area (TPSA) is 51.0 Å². The van der Waals surface area contributed by atoms with Crippen molar-refractivity contribution in [3.63, 3.8) is 0 Å². The minimum absolute atomic E-state index is 0.387. The summed E-state index contributed by atoms with van der Waals surface area (Å²) in [5, 5.41) is 10.4. The van der Waals surface area contributed by atoms with Crippen LogP contribution in [0.3, 0.4) is 0 Å². The monoisotopic (exact) mass is 446 g/mol. The van der Waals surface area contributed by atoms with Gasteiger partial charge in [-0.05, 0) is 47.9 Å². The molecule has 0 N–H and O–H groups in total. The highest BCUT2D eigenvalue weighted by molar-refractivity contribution is 9.10. The van der Waals surface area contributed by atoms with Crippen molar-refractivity contribution in [2.24, 2.45) is 10.2 Å². The summed E-state index contributed by atoms with van der Waals surface area (Å²) < 4.78 is 7.21. The van der Waals surface area contributed by atoms with Crippen molar-refractivity contribution in [3.8, 4) is 5.75 Å². The standard InChI is InChI=1S/C18H12Br2N2O2/c1-11(23)24-17-9-2-12-10-14(20)5-8-16(12)18(17)22-21-15-6-3-13(19)4-7-15/h2-10H,1H3. The molecule has 0 saturated heterocycles. The lowest BCUT2D eigenvalue weighted by Crippen LogP contribution is -2.01. The van der Waals surface area contributed by atoms with Gasteiger partial charge in [-0.1, -0.05) is 44.0 Å². The summed E-state index contributed by atoms with van der Waals surface area (Å²) in [5.74, 6) is -0.00950. The van der Waals surface area contributed by atoms with Crippen molar-refractivity contribution in [2.45, 2.75) is 6.92 Å². The van der Waals surface area contributed by atoms with Crippen LogP contribution in [-0.4, -0.2) is 5.97 Å². The number of rotatable bonds is 3. The molecule has 0 aliphatic heterocycles. The molecule has 0 fully saturated rings. The molecule has 0 heterocycles. The molecule has 0 aliphatic rings. The molecule has 24 heavy (non-hydrogen) atoms. The average molecular weight is 448 g/mol. The zero-order chi connectivity index (χ0) is 17.1. The lowest BCUT2D eigenvalue weighted by atomic mass is 10.1. The first kappa shape index (κ1) is 16.8. The first-order valence-electron chi connectivity index (χ1n) is 7.11. The van der Waals surface area contributed by atoms with E-state index in [-0.39, 0.29) is 0 Å². The second-order valence-corrected chi connectivity index (χ2v) is 6.88. The van der Waals surface area contributed by atoms with Gasteiger partial charge in [0.15, 0.2) is 5.75 Å². The number of carbonyl (C=O) groups excluding carboxylic acids is 1. The number of esters is 1. The molecule has 0 aromatic heterocycles. The zero-order valence-corrected chi connectivity index (χ0v) is 15.8. The van der Waals surface area contributed by atoms with Gasteiger partial charge in [-0.2, -0.15) is 5.11 Å². The van der Waals surface area contributed by atoms with Gasteiger partial charge >= 0.3 is 5.97 Å². The third kappa shape index (κ3) is 3.88. The molecule has 0 unspecified atom stereocenters. The smallest absolute Gasteiger partial charge is 0.308 e. The van der Waals surface area contributed by atoms with Gasteiger partial charge in [0.2, 0.25) is 0 Å². The van der Waals surface area contributed by atoms with Crippen LogP contribution in [0.25, 0.3) is 10.8 Å². The van der Waals surface area contributed by atoms with Crippen molar-refractivity contribution in [1.29, 1.82) is 0 Å². The Morgan fingerprint density at radius 1 is 0.917 bits per heavy atom. The molecule has 0 atom stereocenters. The Morgan fingerprint density at radius 3 is 2.33 bits per heavy atom. The molecule has 0 saturated carbocycles. The van der Waals surface area contributed by atoms with Crippen LogP contribution in [0.1, 0.15) is 6.92 Å². The van der Waals surface area contributed by atoms with Crippen LogP contribution in [0, 0.1) is 0 Å². The fourth-order valence-electron chi connectivity index (χ4n) is 2.22. The van der Waals surface area contributed by atoms with Crippen LogP contribution < -0.4 is 4.74 Å². The second kappa shape index (κ2) is 7.23. The van der Waals surface area contributed by atoms with Crippen molar-refractivity contribution in [2.75, 3.05) is 0 Å². The number of halogens is 2. The van der Waals surface area contributed by atoms with Gasteiger partial charge in [0.25, 0.3) is 0 Å². The molecule has 3 aromatic rings. The Morgan fingerprint density at radius 2 is 1.62 bits per heavy atom. The van der Waals surface area contributed by atoms with E-state index in [0.29, 0.717) is 17.1 Å². The highest BCUT2D eigenvalue weighted by atomic mass is 79.9. The summed E-state index contributed by atoms with van der Waals surface area (Å²) in [6.07, 6.45) is 0. The van der Waals surface area contributed by atoms with Gasteiger partial charge in [0.05, 0.1) is 5.69 Å². The molecule has 120 valence electrons.